The largest absolute Gasteiger partial charge is 0.341 e. The normalized spacial score (nSPS) is 20.4. The number of amides is 1. The molecule has 1 fully saturated rings. The van der Waals surface area contributed by atoms with E-state index in [1.54, 1.807) is 0 Å². The molecule has 0 radical (unpaired) electrons. The second-order valence-electron chi connectivity index (χ2n) is 3.05. The average molecular weight is 156 g/mol. The van der Waals surface area contributed by atoms with Crippen molar-refractivity contribution in [2.45, 2.75) is 32.2 Å². The van der Waals surface area contributed by atoms with Crippen LogP contribution in [0.25, 0.3) is 0 Å². The van der Waals surface area contributed by atoms with Crippen LogP contribution < -0.4 is 5.73 Å². The molecule has 2 N–H and O–H groups in total. The molecule has 0 aromatic rings. The molecule has 1 atom stereocenters. The van der Waals surface area contributed by atoms with Crippen molar-refractivity contribution >= 4 is 5.91 Å². The van der Waals surface area contributed by atoms with E-state index in [-0.39, 0.29) is 11.9 Å². The Labute approximate surface area is 67.5 Å². The van der Waals surface area contributed by atoms with Gasteiger partial charge < -0.3 is 10.6 Å². The molecule has 0 unspecified atom stereocenters. The maximum Gasteiger partial charge on any atom is 0.239 e. The van der Waals surface area contributed by atoms with Crippen LogP contribution in [0.4, 0.5) is 0 Å². The molecule has 1 rings (SSSR count). The summed E-state index contributed by atoms with van der Waals surface area (Å²) in [6, 6.07) is -0.270. The van der Waals surface area contributed by atoms with E-state index in [2.05, 4.69) is 0 Å². The van der Waals surface area contributed by atoms with Gasteiger partial charge in [-0.2, -0.15) is 0 Å². The number of rotatable bonds is 2. The molecule has 1 amide bonds. The van der Waals surface area contributed by atoms with Crippen LogP contribution in [0.1, 0.15) is 26.2 Å². The summed E-state index contributed by atoms with van der Waals surface area (Å²) >= 11 is 0. The highest BCUT2D eigenvalue weighted by molar-refractivity contribution is 5.81. The molecule has 0 saturated carbocycles. The van der Waals surface area contributed by atoms with Crippen LogP contribution in [-0.4, -0.2) is 29.9 Å². The van der Waals surface area contributed by atoms with Crippen LogP contribution in [0, 0.1) is 0 Å². The molecule has 1 aliphatic heterocycles. The number of carbonyl (C=O) groups excluding carboxylic acids is 1. The summed E-state index contributed by atoms with van der Waals surface area (Å²) in [6.45, 7) is 3.76. The smallest absolute Gasteiger partial charge is 0.239 e. The average Bonchev–Trinajstić information content (AvgIpc) is 2.53. The molecule has 0 aromatic heterocycles. The molecular formula is C8H16N2O. The SMILES string of the molecule is CC[C@H](N)C(=O)N1CCCC1. The second kappa shape index (κ2) is 3.72. The second-order valence-corrected chi connectivity index (χ2v) is 3.05. The Bertz CT molecular complexity index is 141. The fourth-order valence-corrected chi connectivity index (χ4v) is 1.35. The topological polar surface area (TPSA) is 46.3 Å². The van der Waals surface area contributed by atoms with E-state index >= 15 is 0 Å². The van der Waals surface area contributed by atoms with Gasteiger partial charge in [0.15, 0.2) is 0 Å². The Morgan fingerprint density at radius 3 is 2.55 bits per heavy atom. The van der Waals surface area contributed by atoms with E-state index in [0.29, 0.717) is 0 Å². The minimum atomic E-state index is -0.270. The van der Waals surface area contributed by atoms with E-state index in [9.17, 15) is 4.79 Å². The summed E-state index contributed by atoms with van der Waals surface area (Å²) in [6.07, 6.45) is 3.03. The van der Waals surface area contributed by atoms with Gasteiger partial charge in [-0.25, -0.2) is 0 Å². The van der Waals surface area contributed by atoms with Gasteiger partial charge in [0.05, 0.1) is 6.04 Å². The summed E-state index contributed by atoms with van der Waals surface area (Å²) in [4.78, 5) is 13.2. The zero-order valence-corrected chi connectivity index (χ0v) is 7.05. The predicted octanol–water partition coefficient (Wildman–Crippen LogP) is 0.346. The number of hydrogen-bond acceptors (Lipinski definition) is 2. The van der Waals surface area contributed by atoms with Crippen molar-refractivity contribution in [1.82, 2.24) is 4.90 Å². The molecule has 0 aliphatic carbocycles. The summed E-state index contributed by atoms with van der Waals surface area (Å²) in [5.41, 5.74) is 5.61. The van der Waals surface area contributed by atoms with Gasteiger partial charge in [0.25, 0.3) is 0 Å². The maximum atomic E-state index is 11.4. The lowest BCUT2D eigenvalue weighted by Crippen LogP contribution is -2.41. The Balaban J connectivity index is 2.39. The van der Waals surface area contributed by atoms with Crippen LogP contribution in [0.15, 0.2) is 0 Å². The molecule has 0 aromatic carbocycles. The quantitative estimate of drug-likeness (QED) is 0.627. The Morgan fingerprint density at radius 2 is 2.09 bits per heavy atom. The molecule has 64 valence electrons. The molecule has 3 nitrogen and oxygen atoms in total. The minimum absolute atomic E-state index is 0.130. The van der Waals surface area contributed by atoms with Crippen molar-refractivity contribution < 1.29 is 4.79 Å². The van der Waals surface area contributed by atoms with Gasteiger partial charge in [-0.15, -0.1) is 0 Å². The van der Waals surface area contributed by atoms with Crippen molar-refractivity contribution in [3.05, 3.63) is 0 Å². The lowest BCUT2D eigenvalue weighted by atomic mass is 10.2. The van der Waals surface area contributed by atoms with Crippen molar-refractivity contribution in [2.24, 2.45) is 5.73 Å². The van der Waals surface area contributed by atoms with Gasteiger partial charge >= 0.3 is 0 Å². The Morgan fingerprint density at radius 1 is 1.55 bits per heavy atom. The first-order chi connectivity index (χ1) is 5.25. The summed E-state index contributed by atoms with van der Waals surface area (Å²) < 4.78 is 0. The van der Waals surface area contributed by atoms with E-state index in [1.807, 2.05) is 11.8 Å². The van der Waals surface area contributed by atoms with Crippen molar-refractivity contribution in [3.63, 3.8) is 0 Å². The number of likely N-dealkylation sites (tertiary alicyclic amines) is 1. The fourth-order valence-electron chi connectivity index (χ4n) is 1.35. The molecule has 1 aliphatic rings. The first kappa shape index (κ1) is 8.53. The van der Waals surface area contributed by atoms with Gasteiger partial charge in [-0.1, -0.05) is 6.92 Å². The highest BCUT2D eigenvalue weighted by atomic mass is 16.2. The zero-order chi connectivity index (χ0) is 8.27. The highest BCUT2D eigenvalue weighted by Gasteiger charge is 2.21. The maximum absolute atomic E-state index is 11.4. The van der Waals surface area contributed by atoms with Gasteiger partial charge in [-0.05, 0) is 19.3 Å². The summed E-state index contributed by atoms with van der Waals surface area (Å²) in [5, 5.41) is 0. The molecule has 1 heterocycles. The number of carbonyl (C=O) groups is 1. The molecule has 0 spiro atoms. The third kappa shape index (κ3) is 1.93. The fraction of sp³-hybridized carbons (Fsp3) is 0.875. The standard InChI is InChI=1S/C8H16N2O/c1-2-7(9)8(11)10-5-3-4-6-10/h7H,2-6,9H2,1H3/t7-/m0/s1. The highest BCUT2D eigenvalue weighted by Crippen LogP contribution is 2.08. The first-order valence-corrected chi connectivity index (χ1v) is 4.30. The van der Waals surface area contributed by atoms with Crippen LogP contribution in [0.2, 0.25) is 0 Å². The minimum Gasteiger partial charge on any atom is -0.341 e. The summed E-state index contributed by atoms with van der Waals surface area (Å²) in [5.74, 6) is 0.130. The molecular weight excluding hydrogens is 140 g/mol. The van der Waals surface area contributed by atoms with E-state index in [4.69, 9.17) is 5.73 Å². The monoisotopic (exact) mass is 156 g/mol. The van der Waals surface area contributed by atoms with E-state index in [0.717, 1.165) is 32.4 Å². The number of hydrogen-bond donors (Lipinski definition) is 1. The van der Waals surface area contributed by atoms with Crippen LogP contribution >= 0.6 is 0 Å². The van der Waals surface area contributed by atoms with Crippen molar-refractivity contribution in [2.75, 3.05) is 13.1 Å². The third-order valence-corrected chi connectivity index (χ3v) is 2.17. The van der Waals surface area contributed by atoms with E-state index < -0.39 is 0 Å². The lowest BCUT2D eigenvalue weighted by molar-refractivity contribution is -0.131. The lowest BCUT2D eigenvalue weighted by Gasteiger charge is -2.18. The zero-order valence-electron chi connectivity index (χ0n) is 7.05. The predicted molar refractivity (Wildman–Crippen MR) is 44.1 cm³/mol. The summed E-state index contributed by atoms with van der Waals surface area (Å²) in [7, 11) is 0. The van der Waals surface area contributed by atoms with Gasteiger partial charge in [0.1, 0.15) is 0 Å². The third-order valence-electron chi connectivity index (χ3n) is 2.17. The molecule has 3 heteroatoms. The number of nitrogens with zero attached hydrogens (tertiary/aromatic N) is 1. The van der Waals surface area contributed by atoms with Crippen LogP contribution in [0.3, 0.4) is 0 Å². The molecule has 1 saturated heterocycles. The van der Waals surface area contributed by atoms with E-state index in [1.165, 1.54) is 0 Å². The van der Waals surface area contributed by atoms with Gasteiger partial charge in [0, 0.05) is 13.1 Å². The van der Waals surface area contributed by atoms with Gasteiger partial charge in [0.2, 0.25) is 5.91 Å². The Hall–Kier alpha value is -0.570. The van der Waals surface area contributed by atoms with Gasteiger partial charge in [-0.3, -0.25) is 4.79 Å². The molecule has 11 heavy (non-hydrogen) atoms. The first-order valence-electron chi connectivity index (χ1n) is 4.30. The Kier molecular flexibility index (Phi) is 2.88. The number of nitrogens with two attached hydrogens (primary N) is 1. The van der Waals surface area contributed by atoms with Crippen molar-refractivity contribution in [3.8, 4) is 0 Å². The molecule has 0 bridgehead atoms. The van der Waals surface area contributed by atoms with Crippen LogP contribution in [-0.2, 0) is 4.79 Å². The van der Waals surface area contributed by atoms with Crippen molar-refractivity contribution in [1.29, 1.82) is 0 Å². The van der Waals surface area contributed by atoms with Crippen LogP contribution in [0.5, 0.6) is 0 Å².